The van der Waals surface area contributed by atoms with Crippen molar-refractivity contribution >= 4 is 40.0 Å². The van der Waals surface area contributed by atoms with Gasteiger partial charge in [0.2, 0.25) is 5.95 Å². The summed E-state index contributed by atoms with van der Waals surface area (Å²) in [5, 5.41) is 4.26. The number of hydrogen-bond donors (Lipinski definition) is 1. The van der Waals surface area contributed by atoms with Gasteiger partial charge >= 0.3 is 0 Å². The smallest absolute Gasteiger partial charge is 0.260 e. The summed E-state index contributed by atoms with van der Waals surface area (Å²) in [4.78, 5) is 31.3. The molecule has 3 aromatic heterocycles. The summed E-state index contributed by atoms with van der Waals surface area (Å²) in [6, 6.07) is 16.3. The van der Waals surface area contributed by atoms with Crippen LogP contribution in [0.1, 0.15) is 13.8 Å². The van der Waals surface area contributed by atoms with Gasteiger partial charge in [-0.2, -0.15) is 4.98 Å². The Balaban J connectivity index is 1.28. The highest BCUT2D eigenvalue weighted by Crippen LogP contribution is 2.32. The van der Waals surface area contributed by atoms with Crippen LogP contribution in [0.2, 0.25) is 5.02 Å². The van der Waals surface area contributed by atoms with Crippen molar-refractivity contribution in [3.8, 4) is 22.3 Å². The van der Waals surface area contributed by atoms with Crippen molar-refractivity contribution in [1.29, 1.82) is 0 Å². The number of fused-ring (bicyclic) bond motifs is 1. The van der Waals surface area contributed by atoms with E-state index in [0.717, 1.165) is 43.9 Å². The molecule has 1 fully saturated rings. The minimum Gasteiger partial charge on any atom is -0.367 e. The van der Waals surface area contributed by atoms with Crippen molar-refractivity contribution in [3.05, 3.63) is 94.4 Å². The number of aryl methyl sites for hydroxylation is 1. The van der Waals surface area contributed by atoms with Crippen LogP contribution in [0.15, 0.2) is 78.0 Å². The number of benzene rings is 2. The second kappa shape index (κ2) is 11.9. The van der Waals surface area contributed by atoms with Crippen LogP contribution in [-0.2, 0) is 6.54 Å². The number of rotatable bonds is 7. The van der Waals surface area contributed by atoms with Gasteiger partial charge < -0.3 is 15.1 Å². The van der Waals surface area contributed by atoms with Gasteiger partial charge in [-0.05, 0) is 55.4 Å². The molecule has 0 amide bonds. The third-order valence-corrected chi connectivity index (χ3v) is 8.07. The molecule has 1 saturated heterocycles. The van der Waals surface area contributed by atoms with E-state index < -0.39 is 0 Å². The van der Waals surface area contributed by atoms with E-state index in [1.165, 1.54) is 6.07 Å². The predicted octanol–water partition coefficient (Wildman–Crippen LogP) is 6.22. The van der Waals surface area contributed by atoms with Crippen LogP contribution >= 0.6 is 11.6 Å². The van der Waals surface area contributed by atoms with Crippen LogP contribution in [0.5, 0.6) is 0 Å². The third kappa shape index (κ3) is 5.45. The molecule has 0 radical (unpaired) electrons. The van der Waals surface area contributed by atoms with Crippen LogP contribution in [0.4, 0.5) is 21.7 Å². The van der Waals surface area contributed by atoms with Gasteiger partial charge in [0.25, 0.3) is 5.56 Å². The van der Waals surface area contributed by atoms with Crippen molar-refractivity contribution in [3.63, 3.8) is 0 Å². The molecule has 1 aliphatic rings. The summed E-state index contributed by atoms with van der Waals surface area (Å²) in [5.74, 6) is -0.0216. The lowest BCUT2D eigenvalue weighted by Crippen LogP contribution is -2.46. The van der Waals surface area contributed by atoms with E-state index in [1.807, 2.05) is 43.3 Å². The monoisotopic (exact) mass is 583 g/mol. The predicted molar refractivity (Wildman–Crippen MR) is 167 cm³/mol. The lowest BCUT2D eigenvalue weighted by molar-refractivity contribution is 0.270. The van der Waals surface area contributed by atoms with Gasteiger partial charge in [0.05, 0.1) is 5.69 Å². The Hall–Kier alpha value is -4.34. The Morgan fingerprint density at radius 2 is 1.76 bits per heavy atom. The Labute approximate surface area is 248 Å². The van der Waals surface area contributed by atoms with Gasteiger partial charge in [-0.15, -0.1) is 0 Å². The van der Waals surface area contributed by atoms with Gasteiger partial charge in [0, 0.05) is 84.1 Å². The fourth-order valence-electron chi connectivity index (χ4n) is 5.43. The quantitative estimate of drug-likeness (QED) is 0.244. The number of aromatic nitrogens is 4. The number of hydrogen-bond acceptors (Lipinski definition) is 7. The number of anilines is 3. The summed E-state index contributed by atoms with van der Waals surface area (Å²) in [7, 11) is 0. The van der Waals surface area contributed by atoms with E-state index >= 15 is 4.39 Å². The maximum absolute atomic E-state index is 15.1. The van der Waals surface area contributed by atoms with Crippen LogP contribution in [0.25, 0.3) is 33.3 Å². The van der Waals surface area contributed by atoms with Crippen molar-refractivity contribution in [2.24, 2.45) is 0 Å². The Bertz CT molecular complexity index is 1800. The summed E-state index contributed by atoms with van der Waals surface area (Å²) < 4.78 is 16.7. The third-order valence-electron chi connectivity index (χ3n) is 7.76. The first-order valence-corrected chi connectivity index (χ1v) is 14.5. The first-order valence-electron chi connectivity index (χ1n) is 14.1. The zero-order chi connectivity index (χ0) is 29.2. The fourth-order valence-corrected chi connectivity index (χ4v) is 5.71. The molecule has 0 saturated carbocycles. The Morgan fingerprint density at radius 3 is 2.45 bits per heavy atom. The molecule has 1 aliphatic heterocycles. The van der Waals surface area contributed by atoms with Crippen LogP contribution in [0, 0.1) is 5.82 Å². The van der Waals surface area contributed by atoms with Crippen LogP contribution in [0.3, 0.4) is 0 Å². The Kier molecular flexibility index (Phi) is 7.86. The van der Waals surface area contributed by atoms with Gasteiger partial charge in [0.15, 0.2) is 0 Å². The number of halogens is 2. The molecule has 4 heterocycles. The Morgan fingerprint density at radius 1 is 0.929 bits per heavy atom. The van der Waals surface area contributed by atoms with Gasteiger partial charge in [-0.1, -0.05) is 36.7 Å². The van der Waals surface area contributed by atoms with Crippen molar-refractivity contribution in [2.75, 3.05) is 42.9 Å². The zero-order valence-corrected chi connectivity index (χ0v) is 24.3. The summed E-state index contributed by atoms with van der Waals surface area (Å²) in [6.45, 7) is 8.87. The molecule has 0 atom stereocenters. The molecule has 10 heteroatoms. The summed E-state index contributed by atoms with van der Waals surface area (Å²) in [6.07, 6.45) is 5.15. The molecule has 5 aromatic rings. The van der Waals surface area contributed by atoms with Crippen LogP contribution in [-0.4, -0.2) is 57.1 Å². The number of likely N-dealkylation sites (N-methyl/N-ethyl adjacent to an activating group) is 1. The molecule has 0 aliphatic carbocycles. The molecule has 0 spiro atoms. The van der Waals surface area contributed by atoms with Crippen molar-refractivity contribution in [2.45, 2.75) is 20.4 Å². The molecule has 8 nitrogen and oxygen atoms in total. The zero-order valence-electron chi connectivity index (χ0n) is 23.5. The number of nitrogens with one attached hydrogen (secondary N) is 1. The highest BCUT2D eigenvalue weighted by atomic mass is 35.5. The van der Waals surface area contributed by atoms with E-state index in [0.29, 0.717) is 45.1 Å². The largest absolute Gasteiger partial charge is 0.367 e. The van der Waals surface area contributed by atoms with E-state index in [1.54, 1.807) is 35.3 Å². The van der Waals surface area contributed by atoms with E-state index in [9.17, 15) is 4.79 Å². The second-order valence-corrected chi connectivity index (χ2v) is 10.6. The van der Waals surface area contributed by atoms with E-state index in [-0.39, 0.29) is 17.3 Å². The van der Waals surface area contributed by atoms with Crippen molar-refractivity contribution in [1.82, 2.24) is 24.4 Å². The highest BCUT2D eigenvalue weighted by molar-refractivity contribution is 6.33. The maximum Gasteiger partial charge on any atom is 0.260 e. The van der Waals surface area contributed by atoms with Gasteiger partial charge in [-0.25, -0.2) is 9.37 Å². The second-order valence-electron chi connectivity index (χ2n) is 10.2. The number of piperazine rings is 1. The standard InChI is InChI=1S/C32H31ClFN7O/c1-3-39-12-14-40(15-13-39)29-10-8-24(18-28(29)34)37-32-36-20-23-16-26(31(42)41(4-2)30(23)38-32)25-9-7-21(17-27(25)33)22-6-5-11-35-19-22/h5-11,16-20H,3-4,12-15H2,1-2H3,(H,36,37,38). The lowest BCUT2D eigenvalue weighted by Gasteiger charge is -2.35. The molecule has 0 bridgehead atoms. The molecular formula is C32H31ClFN7O. The molecule has 1 N–H and O–H groups in total. The normalized spacial score (nSPS) is 14.0. The minimum absolute atomic E-state index is 0.204. The lowest BCUT2D eigenvalue weighted by atomic mass is 10.0. The van der Waals surface area contributed by atoms with E-state index in [2.05, 4.69) is 37.0 Å². The topological polar surface area (TPSA) is 79.2 Å². The molecule has 42 heavy (non-hydrogen) atoms. The maximum atomic E-state index is 15.1. The average molecular weight is 584 g/mol. The van der Waals surface area contributed by atoms with E-state index in [4.69, 9.17) is 11.6 Å². The summed E-state index contributed by atoms with van der Waals surface area (Å²) >= 11 is 6.69. The first kappa shape index (κ1) is 27.8. The highest BCUT2D eigenvalue weighted by Gasteiger charge is 2.19. The molecule has 0 unspecified atom stereocenters. The minimum atomic E-state index is -0.299. The number of nitrogens with zero attached hydrogens (tertiary/aromatic N) is 6. The molecule has 2 aromatic carbocycles. The number of pyridine rings is 2. The summed E-state index contributed by atoms with van der Waals surface area (Å²) in [5.41, 5.74) is 4.35. The molecule has 6 rings (SSSR count). The SMILES string of the molecule is CCN1CCN(c2ccc(Nc3ncc4cc(-c5ccc(-c6cccnc6)cc5Cl)c(=O)n(CC)c4n3)cc2F)CC1. The van der Waals surface area contributed by atoms with Gasteiger partial charge in [0.1, 0.15) is 11.5 Å². The van der Waals surface area contributed by atoms with Crippen molar-refractivity contribution < 1.29 is 4.39 Å². The average Bonchev–Trinajstić information content (AvgIpc) is 3.02. The molecular weight excluding hydrogens is 553 g/mol. The van der Waals surface area contributed by atoms with Gasteiger partial charge in [-0.3, -0.25) is 14.3 Å². The molecule has 214 valence electrons. The first-order chi connectivity index (χ1) is 20.4. The fraction of sp³-hybridized carbons (Fsp3) is 0.250. The van der Waals surface area contributed by atoms with Crippen LogP contribution < -0.4 is 15.8 Å².